The lowest BCUT2D eigenvalue weighted by Crippen LogP contribution is -2.31. The second-order valence-electron chi connectivity index (χ2n) is 10.3. The van der Waals surface area contributed by atoms with Gasteiger partial charge in [-0.15, -0.1) is 0 Å². The molecule has 0 amide bonds. The Morgan fingerprint density at radius 1 is 0.941 bits per heavy atom. The number of Topliss-reactive ketones (excluding diaryl/α,β-unsaturated/α-hetero) is 1. The number of ketones is 1. The van der Waals surface area contributed by atoms with E-state index in [1.165, 1.54) is 11.1 Å². The van der Waals surface area contributed by atoms with Gasteiger partial charge in [0.05, 0.1) is 11.1 Å². The summed E-state index contributed by atoms with van der Waals surface area (Å²) in [6, 6.07) is 8.47. The number of fused-ring (bicyclic) bond motifs is 2. The first kappa shape index (κ1) is 22.3. The predicted octanol–water partition coefficient (Wildman–Crippen LogP) is 6.55. The summed E-state index contributed by atoms with van der Waals surface area (Å²) in [5.74, 6) is 0.400. The summed E-state index contributed by atoms with van der Waals surface area (Å²) < 4.78 is 0. The highest BCUT2D eigenvalue weighted by Crippen LogP contribution is 2.47. The van der Waals surface area contributed by atoms with Crippen LogP contribution in [0, 0.1) is 31.8 Å². The Morgan fingerprint density at radius 3 is 2.38 bits per heavy atom. The summed E-state index contributed by atoms with van der Waals surface area (Å²) in [5, 5.41) is 13.5. The molecule has 0 fully saturated rings. The largest absolute Gasteiger partial charge is 0.861 e. The lowest BCUT2D eigenvalue weighted by atomic mass is 9.77. The topological polar surface area (TPSA) is 40.1 Å². The quantitative estimate of drug-likeness (QED) is 0.396. The van der Waals surface area contributed by atoms with Crippen molar-refractivity contribution < 1.29 is 9.90 Å². The van der Waals surface area contributed by atoms with Crippen molar-refractivity contribution in [3.8, 4) is 11.1 Å². The highest BCUT2D eigenvalue weighted by Gasteiger charge is 2.43. The zero-order valence-electron chi connectivity index (χ0n) is 20.7. The number of carbonyl (C=O) groups excluding carboxylic acids is 1. The monoisotopic (exact) mass is 446 g/mol. The summed E-state index contributed by atoms with van der Waals surface area (Å²) in [6.07, 6.45) is 13.6. The van der Waals surface area contributed by atoms with Gasteiger partial charge in [0.25, 0.3) is 0 Å². The SMILES string of the molecule is Cc1cc(C2=C([O-])/C(=C3\[C+]=CC4=CC(C(C)C)=CC=CC43)C2=O)c2c(C)ccc(C(C)C)cc1-2. The summed E-state index contributed by atoms with van der Waals surface area (Å²) >= 11 is 0. The molecule has 2 nitrogen and oxygen atoms in total. The van der Waals surface area contributed by atoms with Crippen molar-refractivity contribution >= 4 is 11.4 Å². The van der Waals surface area contributed by atoms with E-state index in [0.717, 1.165) is 33.4 Å². The van der Waals surface area contributed by atoms with E-state index in [4.69, 9.17) is 0 Å². The fourth-order valence-electron chi connectivity index (χ4n) is 5.23. The average Bonchev–Trinajstić information content (AvgIpc) is 3.12. The third-order valence-electron chi connectivity index (χ3n) is 7.33. The van der Waals surface area contributed by atoms with Crippen LogP contribution in [0.5, 0.6) is 0 Å². The molecular weight excluding hydrogens is 416 g/mol. The molecule has 0 bridgehead atoms. The second kappa shape index (κ2) is 8.08. The molecule has 0 aromatic carbocycles. The maximum absolute atomic E-state index is 13.5. The third kappa shape index (κ3) is 3.33. The zero-order chi connectivity index (χ0) is 24.3. The van der Waals surface area contributed by atoms with Gasteiger partial charge < -0.3 is 5.11 Å². The molecule has 0 aromatic rings. The molecule has 5 rings (SSSR count). The molecule has 170 valence electrons. The lowest BCUT2D eigenvalue weighted by Gasteiger charge is -2.27. The van der Waals surface area contributed by atoms with E-state index >= 15 is 0 Å². The molecular formula is C32H30O2. The smallest absolute Gasteiger partial charge is 0.248 e. The Hall–Kier alpha value is -3.48. The Morgan fingerprint density at radius 2 is 1.71 bits per heavy atom. The van der Waals surface area contributed by atoms with Crippen LogP contribution in [0.15, 0.2) is 82.7 Å². The predicted molar refractivity (Wildman–Crippen MR) is 137 cm³/mol. The van der Waals surface area contributed by atoms with Crippen LogP contribution >= 0.6 is 0 Å². The normalized spacial score (nSPS) is 21.6. The van der Waals surface area contributed by atoms with E-state index in [9.17, 15) is 9.90 Å². The second-order valence-corrected chi connectivity index (χ2v) is 10.3. The number of aryl methyl sites for hydroxylation is 2. The summed E-state index contributed by atoms with van der Waals surface area (Å²) in [4.78, 5) is 13.5. The van der Waals surface area contributed by atoms with Crippen molar-refractivity contribution in [2.75, 3.05) is 0 Å². The third-order valence-corrected chi connectivity index (χ3v) is 7.33. The number of carbonyl (C=O) groups is 1. The molecule has 0 aliphatic heterocycles. The van der Waals surface area contributed by atoms with Crippen LogP contribution in [-0.4, -0.2) is 5.78 Å². The van der Waals surface area contributed by atoms with Gasteiger partial charge in [-0.1, -0.05) is 64.1 Å². The molecule has 0 spiro atoms. The molecule has 0 aromatic heterocycles. The molecule has 34 heavy (non-hydrogen) atoms. The van der Waals surface area contributed by atoms with Crippen LogP contribution in [0.3, 0.4) is 0 Å². The van der Waals surface area contributed by atoms with E-state index in [1.807, 2.05) is 18.2 Å². The van der Waals surface area contributed by atoms with Crippen molar-refractivity contribution in [1.29, 1.82) is 0 Å². The fourth-order valence-corrected chi connectivity index (χ4v) is 5.23. The Bertz CT molecular complexity index is 1380. The van der Waals surface area contributed by atoms with Gasteiger partial charge in [-0.05, 0) is 76.5 Å². The lowest BCUT2D eigenvalue weighted by molar-refractivity contribution is -0.297. The van der Waals surface area contributed by atoms with Gasteiger partial charge >= 0.3 is 0 Å². The van der Waals surface area contributed by atoms with Crippen LogP contribution < -0.4 is 5.11 Å². The van der Waals surface area contributed by atoms with Gasteiger partial charge in [-0.2, -0.15) is 0 Å². The minimum absolute atomic E-state index is 0.0942. The van der Waals surface area contributed by atoms with E-state index in [0.29, 0.717) is 28.6 Å². The van der Waals surface area contributed by atoms with Crippen LogP contribution in [0.2, 0.25) is 0 Å². The van der Waals surface area contributed by atoms with E-state index in [-0.39, 0.29) is 17.5 Å². The van der Waals surface area contributed by atoms with Gasteiger partial charge in [-0.25, -0.2) is 0 Å². The number of hydrogen-bond donors (Lipinski definition) is 0. The zero-order valence-corrected chi connectivity index (χ0v) is 20.7. The first-order chi connectivity index (χ1) is 16.2. The molecule has 0 saturated carbocycles. The molecule has 0 saturated heterocycles. The standard InChI is InChI=1S/C32H30O2/c1-17(2)21-8-7-9-24-23(15-21)12-13-25(24)29-31(33)30(32(29)34)27-14-20(6)26-16-22(18(3)4)11-10-19(5)28(26)27/h7-12,14-18,24H,1-6H3. The van der Waals surface area contributed by atoms with Crippen molar-refractivity contribution in [3.05, 3.63) is 111 Å². The van der Waals surface area contributed by atoms with Crippen molar-refractivity contribution in [2.24, 2.45) is 11.8 Å². The molecule has 5 aliphatic rings. The first-order valence-electron chi connectivity index (χ1n) is 12.1. The number of hydrogen-bond acceptors (Lipinski definition) is 2. The highest BCUT2D eigenvalue weighted by molar-refractivity contribution is 6.40. The number of allylic oxidation sites excluding steroid dienone is 11. The van der Waals surface area contributed by atoms with Crippen molar-refractivity contribution in [3.63, 3.8) is 0 Å². The minimum atomic E-state index is -0.154. The molecule has 0 heterocycles. The van der Waals surface area contributed by atoms with E-state index in [2.05, 4.69) is 84.0 Å². The van der Waals surface area contributed by atoms with Gasteiger partial charge in [0.15, 0.2) is 0 Å². The summed E-state index contributed by atoms with van der Waals surface area (Å²) in [7, 11) is 0. The van der Waals surface area contributed by atoms with Crippen molar-refractivity contribution in [1.82, 2.24) is 0 Å². The van der Waals surface area contributed by atoms with Crippen LogP contribution in [0.4, 0.5) is 0 Å². The Balaban J connectivity index is 1.61. The molecule has 1 unspecified atom stereocenters. The van der Waals surface area contributed by atoms with E-state index in [1.54, 1.807) is 0 Å². The summed E-state index contributed by atoms with van der Waals surface area (Å²) in [6.45, 7) is 12.8. The van der Waals surface area contributed by atoms with Crippen LogP contribution in [0.25, 0.3) is 16.7 Å². The Labute approximate surface area is 202 Å². The van der Waals surface area contributed by atoms with Crippen LogP contribution in [0.1, 0.15) is 55.9 Å². The molecule has 0 radical (unpaired) electrons. The minimum Gasteiger partial charge on any atom is -0.861 e. The van der Waals surface area contributed by atoms with Crippen molar-refractivity contribution in [2.45, 2.75) is 47.5 Å². The molecule has 5 aliphatic carbocycles. The van der Waals surface area contributed by atoms with Gasteiger partial charge in [-0.3, -0.25) is 4.79 Å². The molecule has 1 atom stereocenters. The first-order valence-corrected chi connectivity index (χ1v) is 12.1. The van der Waals surface area contributed by atoms with Crippen LogP contribution in [-0.2, 0) is 4.79 Å². The molecule has 0 N–H and O–H groups in total. The van der Waals surface area contributed by atoms with Gasteiger partial charge in [0.1, 0.15) is 23.1 Å². The Kier molecular flexibility index (Phi) is 5.30. The fraction of sp³-hybridized carbons (Fsp3) is 0.281. The summed E-state index contributed by atoms with van der Waals surface area (Å²) in [5.41, 5.74) is 9.96. The van der Waals surface area contributed by atoms with Gasteiger partial charge in [0, 0.05) is 12.2 Å². The van der Waals surface area contributed by atoms with Gasteiger partial charge in [0.2, 0.25) is 5.78 Å². The molecule has 2 heteroatoms. The van der Waals surface area contributed by atoms with E-state index < -0.39 is 0 Å². The maximum atomic E-state index is 13.5. The highest BCUT2D eigenvalue weighted by atomic mass is 16.3. The number of rotatable bonds is 3. The maximum Gasteiger partial charge on any atom is 0.248 e. The average molecular weight is 447 g/mol.